The molecule has 1 N–H and O–H groups in total. The molecule has 134 valence electrons. The van der Waals surface area contributed by atoms with Crippen molar-refractivity contribution in [3.63, 3.8) is 0 Å². The molecule has 0 amide bonds. The van der Waals surface area contributed by atoms with Crippen molar-refractivity contribution in [2.75, 3.05) is 13.2 Å². The van der Waals surface area contributed by atoms with E-state index in [1.54, 1.807) is 11.3 Å². The smallest absolute Gasteiger partial charge is 0.255 e. The minimum atomic E-state index is -0.0267. The second-order valence-corrected chi connectivity index (χ2v) is 7.27. The standard InChI is InChI=1S/C20H21N3O2S/c1-2-25-17-7-4-3-6-14(17)12-23-10-9-16-15(13-23)20(24)22-19(21-16)18-8-5-11-26-18/h3-8,11H,2,9-10,12-13H2,1H3,(H,21,22,24). The average molecular weight is 367 g/mol. The number of aromatic amines is 1. The molecule has 4 rings (SSSR count). The molecule has 0 unspecified atom stereocenters. The van der Waals surface area contributed by atoms with Crippen LogP contribution in [0.2, 0.25) is 0 Å². The van der Waals surface area contributed by atoms with Crippen LogP contribution in [-0.2, 0) is 19.5 Å². The van der Waals surface area contributed by atoms with Crippen molar-refractivity contribution in [3.8, 4) is 16.5 Å². The molecule has 0 saturated carbocycles. The van der Waals surface area contributed by atoms with Gasteiger partial charge in [-0.3, -0.25) is 9.69 Å². The first-order valence-electron chi connectivity index (χ1n) is 8.83. The maximum absolute atomic E-state index is 12.6. The molecule has 3 aromatic rings. The maximum atomic E-state index is 12.6. The van der Waals surface area contributed by atoms with Crippen LogP contribution >= 0.6 is 11.3 Å². The monoisotopic (exact) mass is 367 g/mol. The molecule has 6 heteroatoms. The van der Waals surface area contributed by atoms with Gasteiger partial charge in [0.05, 0.1) is 22.7 Å². The third kappa shape index (κ3) is 3.43. The molecule has 1 aliphatic rings. The summed E-state index contributed by atoms with van der Waals surface area (Å²) in [6, 6.07) is 12.0. The van der Waals surface area contributed by atoms with Gasteiger partial charge in [0, 0.05) is 31.6 Å². The fourth-order valence-electron chi connectivity index (χ4n) is 3.32. The summed E-state index contributed by atoms with van der Waals surface area (Å²) in [5, 5.41) is 1.99. The Morgan fingerprint density at radius 3 is 2.96 bits per heavy atom. The quantitative estimate of drug-likeness (QED) is 0.750. The zero-order chi connectivity index (χ0) is 17.9. The molecule has 3 heterocycles. The van der Waals surface area contributed by atoms with E-state index < -0.39 is 0 Å². The lowest BCUT2D eigenvalue weighted by atomic mass is 10.1. The molecule has 0 radical (unpaired) electrons. The van der Waals surface area contributed by atoms with Gasteiger partial charge < -0.3 is 9.72 Å². The summed E-state index contributed by atoms with van der Waals surface area (Å²) in [6.45, 7) is 4.90. The highest BCUT2D eigenvalue weighted by atomic mass is 32.1. The van der Waals surface area contributed by atoms with Crippen LogP contribution in [0.15, 0.2) is 46.6 Å². The number of fused-ring (bicyclic) bond motifs is 1. The topological polar surface area (TPSA) is 58.2 Å². The molecule has 0 bridgehead atoms. The summed E-state index contributed by atoms with van der Waals surface area (Å²) < 4.78 is 5.72. The number of hydrogen-bond donors (Lipinski definition) is 1. The predicted octanol–water partition coefficient (Wildman–Crippen LogP) is 3.46. The molecular formula is C20H21N3O2S. The third-order valence-corrected chi connectivity index (χ3v) is 5.45. The lowest BCUT2D eigenvalue weighted by Gasteiger charge is -2.28. The van der Waals surface area contributed by atoms with Crippen LogP contribution in [-0.4, -0.2) is 28.0 Å². The van der Waals surface area contributed by atoms with E-state index >= 15 is 0 Å². The van der Waals surface area contributed by atoms with E-state index in [9.17, 15) is 4.79 Å². The second-order valence-electron chi connectivity index (χ2n) is 6.32. The number of nitrogens with zero attached hydrogens (tertiary/aromatic N) is 2. The first-order chi connectivity index (χ1) is 12.7. The Bertz CT molecular complexity index is 950. The van der Waals surface area contributed by atoms with E-state index in [4.69, 9.17) is 9.72 Å². The molecule has 0 spiro atoms. The average Bonchev–Trinajstić information content (AvgIpc) is 3.19. The van der Waals surface area contributed by atoms with Crippen LogP contribution < -0.4 is 10.3 Å². The Labute approximate surface area is 156 Å². The van der Waals surface area contributed by atoms with E-state index in [0.717, 1.165) is 47.0 Å². The number of aromatic nitrogens is 2. The molecule has 26 heavy (non-hydrogen) atoms. The Morgan fingerprint density at radius 1 is 1.27 bits per heavy atom. The predicted molar refractivity (Wildman–Crippen MR) is 104 cm³/mol. The van der Waals surface area contributed by atoms with Crippen molar-refractivity contribution in [3.05, 3.63) is 69.0 Å². The van der Waals surface area contributed by atoms with Gasteiger partial charge in [0.1, 0.15) is 5.75 Å². The molecule has 0 saturated heterocycles. The van der Waals surface area contributed by atoms with Gasteiger partial charge in [-0.1, -0.05) is 24.3 Å². The summed E-state index contributed by atoms with van der Waals surface area (Å²) in [7, 11) is 0. The Kier molecular flexibility index (Phi) is 4.86. The first kappa shape index (κ1) is 17.0. The zero-order valence-corrected chi connectivity index (χ0v) is 15.5. The molecule has 2 aromatic heterocycles. The Hall–Kier alpha value is -2.44. The van der Waals surface area contributed by atoms with Crippen LogP contribution in [0.1, 0.15) is 23.7 Å². The number of benzene rings is 1. The summed E-state index contributed by atoms with van der Waals surface area (Å²) in [5.41, 5.74) is 2.83. The van der Waals surface area contributed by atoms with Gasteiger partial charge in [-0.25, -0.2) is 4.98 Å². The Balaban J connectivity index is 1.56. The minimum Gasteiger partial charge on any atom is -0.494 e. The SMILES string of the molecule is CCOc1ccccc1CN1CCc2nc(-c3cccs3)[nH]c(=O)c2C1. The molecule has 0 fully saturated rings. The lowest BCUT2D eigenvalue weighted by molar-refractivity contribution is 0.236. The maximum Gasteiger partial charge on any atom is 0.255 e. The van der Waals surface area contributed by atoms with Crippen molar-refractivity contribution in [2.45, 2.75) is 26.4 Å². The van der Waals surface area contributed by atoms with Crippen molar-refractivity contribution >= 4 is 11.3 Å². The summed E-state index contributed by atoms with van der Waals surface area (Å²) in [4.78, 5) is 23.5. The fraction of sp³-hybridized carbons (Fsp3) is 0.300. The summed E-state index contributed by atoms with van der Waals surface area (Å²) >= 11 is 1.59. The van der Waals surface area contributed by atoms with Gasteiger partial charge in [0.2, 0.25) is 0 Å². The molecule has 1 aromatic carbocycles. The number of para-hydroxylation sites is 1. The van der Waals surface area contributed by atoms with Crippen molar-refractivity contribution in [2.24, 2.45) is 0 Å². The zero-order valence-electron chi connectivity index (χ0n) is 14.7. The first-order valence-corrected chi connectivity index (χ1v) is 9.71. The number of H-pyrrole nitrogens is 1. The molecule has 5 nitrogen and oxygen atoms in total. The number of hydrogen-bond acceptors (Lipinski definition) is 5. The summed E-state index contributed by atoms with van der Waals surface area (Å²) in [5.74, 6) is 1.60. The minimum absolute atomic E-state index is 0.0267. The van der Waals surface area contributed by atoms with Gasteiger partial charge in [-0.15, -0.1) is 11.3 Å². The van der Waals surface area contributed by atoms with Gasteiger partial charge in [-0.2, -0.15) is 0 Å². The molecule has 0 aliphatic carbocycles. The molecule has 1 aliphatic heterocycles. The van der Waals surface area contributed by atoms with Crippen LogP contribution in [0.3, 0.4) is 0 Å². The van der Waals surface area contributed by atoms with E-state index in [1.807, 2.05) is 42.6 Å². The van der Waals surface area contributed by atoms with Crippen LogP contribution in [0.4, 0.5) is 0 Å². The van der Waals surface area contributed by atoms with Gasteiger partial charge >= 0.3 is 0 Å². The number of ether oxygens (including phenoxy) is 1. The van der Waals surface area contributed by atoms with E-state index in [-0.39, 0.29) is 5.56 Å². The van der Waals surface area contributed by atoms with Crippen LogP contribution in [0, 0.1) is 0 Å². The number of nitrogens with one attached hydrogen (secondary N) is 1. The number of thiophene rings is 1. The van der Waals surface area contributed by atoms with Crippen molar-refractivity contribution in [1.82, 2.24) is 14.9 Å². The third-order valence-electron chi connectivity index (χ3n) is 4.57. The molecule has 0 atom stereocenters. The van der Waals surface area contributed by atoms with Crippen LogP contribution in [0.5, 0.6) is 5.75 Å². The van der Waals surface area contributed by atoms with Crippen LogP contribution in [0.25, 0.3) is 10.7 Å². The molecular weight excluding hydrogens is 346 g/mol. The normalized spacial score (nSPS) is 14.2. The highest BCUT2D eigenvalue weighted by Gasteiger charge is 2.22. The second kappa shape index (κ2) is 7.43. The van der Waals surface area contributed by atoms with Gasteiger partial charge in [-0.05, 0) is 24.4 Å². The highest BCUT2D eigenvalue weighted by molar-refractivity contribution is 7.13. The van der Waals surface area contributed by atoms with Crippen molar-refractivity contribution in [1.29, 1.82) is 0 Å². The van der Waals surface area contributed by atoms with E-state index in [2.05, 4.69) is 16.0 Å². The lowest BCUT2D eigenvalue weighted by Crippen LogP contribution is -2.35. The largest absolute Gasteiger partial charge is 0.494 e. The highest BCUT2D eigenvalue weighted by Crippen LogP contribution is 2.25. The summed E-state index contributed by atoms with van der Waals surface area (Å²) in [6.07, 6.45) is 0.786. The van der Waals surface area contributed by atoms with Gasteiger partial charge in [0.25, 0.3) is 5.56 Å². The van der Waals surface area contributed by atoms with Gasteiger partial charge in [0.15, 0.2) is 5.82 Å². The Morgan fingerprint density at radius 2 is 2.15 bits per heavy atom. The number of rotatable bonds is 5. The van der Waals surface area contributed by atoms with E-state index in [0.29, 0.717) is 19.0 Å². The van der Waals surface area contributed by atoms with E-state index in [1.165, 1.54) is 0 Å². The fourth-order valence-corrected chi connectivity index (χ4v) is 3.99. The van der Waals surface area contributed by atoms with Crippen molar-refractivity contribution < 1.29 is 4.74 Å².